The van der Waals surface area contributed by atoms with Crippen molar-refractivity contribution < 1.29 is 0 Å². The zero-order chi connectivity index (χ0) is 12.3. The molecule has 1 atom stereocenters. The Morgan fingerprint density at radius 1 is 1.24 bits per heavy atom. The van der Waals surface area contributed by atoms with E-state index in [0.29, 0.717) is 5.92 Å². The molecule has 0 aromatic heterocycles. The Labute approximate surface area is 104 Å². The number of nitrogens with two attached hydrogens (primary N) is 1. The second-order valence-corrected chi connectivity index (χ2v) is 4.87. The first-order chi connectivity index (χ1) is 8.26. The van der Waals surface area contributed by atoms with Crippen molar-refractivity contribution in [2.75, 3.05) is 43.0 Å². The molecule has 2 N–H and O–H groups in total. The van der Waals surface area contributed by atoms with Crippen molar-refractivity contribution in [3.05, 3.63) is 24.3 Å². The highest BCUT2D eigenvalue weighted by Gasteiger charge is 2.21. The first-order valence-electron chi connectivity index (χ1n) is 6.51. The fraction of sp³-hybridized carbons (Fsp3) is 0.571. The fourth-order valence-corrected chi connectivity index (χ4v) is 2.44. The summed E-state index contributed by atoms with van der Waals surface area (Å²) in [5.74, 6) is 0.603. The smallest absolute Gasteiger partial charge is 0.0604 e. The zero-order valence-corrected chi connectivity index (χ0v) is 10.9. The zero-order valence-electron chi connectivity index (χ0n) is 10.9. The summed E-state index contributed by atoms with van der Waals surface area (Å²) in [6.45, 7) is 6.28. The van der Waals surface area contributed by atoms with Crippen molar-refractivity contribution in [3.63, 3.8) is 0 Å². The number of nitrogens with zero attached hydrogens (tertiary/aromatic N) is 2. The van der Waals surface area contributed by atoms with Crippen LogP contribution in [0.1, 0.15) is 13.3 Å². The minimum atomic E-state index is 0.603. The maximum atomic E-state index is 5.81. The van der Waals surface area contributed by atoms with Crippen molar-refractivity contribution in [1.82, 2.24) is 0 Å². The number of hydrogen-bond acceptors (Lipinski definition) is 3. The summed E-state index contributed by atoms with van der Waals surface area (Å²) in [5.41, 5.74) is 8.50. The van der Waals surface area contributed by atoms with Crippen LogP contribution in [-0.4, -0.2) is 33.2 Å². The van der Waals surface area contributed by atoms with Crippen LogP contribution in [0, 0.1) is 5.92 Å². The van der Waals surface area contributed by atoms with E-state index >= 15 is 0 Å². The van der Waals surface area contributed by atoms with Gasteiger partial charge in [-0.25, -0.2) is 0 Å². The van der Waals surface area contributed by atoms with Gasteiger partial charge < -0.3 is 15.5 Å². The molecule has 0 saturated heterocycles. The van der Waals surface area contributed by atoms with Crippen molar-refractivity contribution in [1.29, 1.82) is 0 Å². The van der Waals surface area contributed by atoms with Gasteiger partial charge in [-0.05, 0) is 24.6 Å². The summed E-state index contributed by atoms with van der Waals surface area (Å²) in [6, 6.07) is 8.65. The number of rotatable bonds is 4. The first-order valence-corrected chi connectivity index (χ1v) is 6.51. The number of hydrogen-bond donors (Lipinski definition) is 1. The molecule has 0 amide bonds. The predicted molar refractivity (Wildman–Crippen MR) is 74.8 cm³/mol. The molecule has 1 aliphatic heterocycles. The number of para-hydroxylation sites is 2. The summed E-state index contributed by atoms with van der Waals surface area (Å²) in [5, 5.41) is 0. The fourth-order valence-electron chi connectivity index (χ4n) is 2.44. The van der Waals surface area contributed by atoms with E-state index in [4.69, 9.17) is 5.73 Å². The van der Waals surface area contributed by atoms with E-state index < -0.39 is 0 Å². The van der Waals surface area contributed by atoms with E-state index in [1.807, 2.05) is 0 Å². The van der Waals surface area contributed by atoms with Crippen LogP contribution in [-0.2, 0) is 0 Å². The lowest BCUT2D eigenvalue weighted by atomic mass is 10.0. The number of fused-ring (bicyclic) bond motifs is 1. The van der Waals surface area contributed by atoms with E-state index in [0.717, 1.165) is 32.6 Å². The molecule has 0 fully saturated rings. The van der Waals surface area contributed by atoms with E-state index in [9.17, 15) is 0 Å². The molecule has 0 bridgehead atoms. The van der Waals surface area contributed by atoms with Gasteiger partial charge in [0.1, 0.15) is 0 Å². The second kappa shape index (κ2) is 5.41. The Morgan fingerprint density at radius 2 is 1.94 bits per heavy atom. The third-order valence-corrected chi connectivity index (χ3v) is 3.73. The maximum Gasteiger partial charge on any atom is 0.0604 e. The van der Waals surface area contributed by atoms with E-state index in [2.05, 4.69) is 48.0 Å². The number of anilines is 2. The van der Waals surface area contributed by atoms with Gasteiger partial charge >= 0.3 is 0 Å². The molecule has 94 valence electrons. The van der Waals surface area contributed by atoms with Crippen molar-refractivity contribution in [2.45, 2.75) is 13.3 Å². The van der Waals surface area contributed by atoms with Crippen LogP contribution in [0.5, 0.6) is 0 Å². The summed E-state index contributed by atoms with van der Waals surface area (Å²) >= 11 is 0. The molecule has 1 heterocycles. The van der Waals surface area contributed by atoms with Gasteiger partial charge in [0.2, 0.25) is 0 Å². The molecule has 3 heteroatoms. The quantitative estimate of drug-likeness (QED) is 0.862. The van der Waals surface area contributed by atoms with Crippen LogP contribution in [0.2, 0.25) is 0 Å². The molecule has 0 saturated carbocycles. The summed E-state index contributed by atoms with van der Waals surface area (Å²) < 4.78 is 0. The SMILES string of the molecule is CCC(CN)CN1CCN(C)c2ccccc21. The summed E-state index contributed by atoms with van der Waals surface area (Å²) in [6.07, 6.45) is 1.16. The minimum absolute atomic E-state index is 0.603. The maximum absolute atomic E-state index is 5.81. The molecule has 1 unspecified atom stereocenters. The van der Waals surface area contributed by atoms with Crippen LogP contribution in [0.25, 0.3) is 0 Å². The van der Waals surface area contributed by atoms with Crippen molar-refractivity contribution >= 4 is 11.4 Å². The topological polar surface area (TPSA) is 32.5 Å². The normalized spacial score (nSPS) is 16.9. The molecule has 1 aliphatic rings. The molecule has 2 rings (SSSR count). The molecule has 3 nitrogen and oxygen atoms in total. The lowest BCUT2D eigenvalue weighted by Crippen LogP contribution is -2.42. The van der Waals surface area contributed by atoms with E-state index in [1.54, 1.807) is 0 Å². The molecule has 17 heavy (non-hydrogen) atoms. The highest BCUT2D eigenvalue weighted by atomic mass is 15.2. The van der Waals surface area contributed by atoms with Gasteiger partial charge in [-0.1, -0.05) is 25.5 Å². The Balaban J connectivity index is 2.18. The monoisotopic (exact) mass is 233 g/mol. The van der Waals surface area contributed by atoms with Gasteiger partial charge in [0, 0.05) is 26.7 Å². The average Bonchev–Trinajstić information content (AvgIpc) is 2.38. The second-order valence-electron chi connectivity index (χ2n) is 4.87. The molecule has 0 aliphatic carbocycles. The summed E-state index contributed by atoms with van der Waals surface area (Å²) in [7, 11) is 2.16. The van der Waals surface area contributed by atoms with Crippen molar-refractivity contribution in [2.24, 2.45) is 11.7 Å². The molecule has 0 spiro atoms. The van der Waals surface area contributed by atoms with Crippen LogP contribution < -0.4 is 15.5 Å². The Morgan fingerprint density at radius 3 is 2.59 bits per heavy atom. The largest absolute Gasteiger partial charge is 0.371 e. The highest BCUT2D eigenvalue weighted by molar-refractivity contribution is 5.73. The third-order valence-electron chi connectivity index (χ3n) is 3.73. The Hall–Kier alpha value is -1.22. The molecular formula is C14H23N3. The van der Waals surface area contributed by atoms with E-state index in [-0.39, 0.29) is 0 Å². The Bertz CT molecular complexity index is 360. The number of likely N-dealkylation sites (N-methyl/N-ethyl adjacent to an activating group) is 1. The Kier molecular flexibility index (Phi) is 3.89. The summed E-state index contributed by atoms with van der Waals surface area (Å²) in [4.78, 5) is 4.81. The number of benzene rings is 1. The molecular weight excluding hydrogens is 210 g/mol. The van der Waals surface area contributed by atoms with Crippen molar-refractivity contribution in [3.8, 4) is 0 Å². The van der Waals surface area contributed by atoms with Gasteiger partial charge in [-0.3, -0.25) is 0 Å². The van der Waals surface area contributed by atoms with Crippen LogP contribution in [0.3, 0.4) is 0 Å². The van der Waals surface area contributed by atoms with Gasteiger partial charge in [-0.2, -0.15) is 0 Å². The van der Waals surface area contributed by atoms with Crippen LogP contribution in [0.15, 0.2) is 24.3 Å². The average molecular weight is 233 g/mol. The lowest BCUT2D eigenvalue weighted by molar-refractivity contribution is 0.505. The van der Waals surface area contributed by atoms with Gasteiger partial charge in [0.25, 0.3) is 0 Å². The van der Waals surface area contributed by atoms with Gasteiger partial charge in [0.15, 0.2) is 0 Å². The minimum Gasteiger partial charge on any atom is -0.371 e. The van der Waals surface area contributed by atoms with Crippen LogP contribution in [0.4, 0.5) is 11.4 Å². The lowest BCUT2D eigenvalue weighted by Gasteiger charge is -2.38. The molecule has 1 aromatic carbocycles. The third kappa shape index (κ3) is 2.55. The predicted octanol–water partition coefficient (Wildman–Crippen LogP) is 1.93. The van der Waals surface area contributed by atoms with Gasteiger partial charge in [-0.15, -0.1) is 0 Å². The molecule has 1 aromatic rings. The van der Waals surface area contributed by atoms with E-state index in [1.165, 1.54) is 11.4 Å². The van der Waals surface area contributed by atoms with Crippen LogP contribution >= 0.6 is 0 Å². The molecule has 0 radical (unpaired) electrons. The first kappa shape index (κ1) is 12.2. The van der Waals surface area contributed by atoms with Gasteiger partial charge in [0.05, 0.1) is 11.4 Å². The standard InChI is InChI=1S/C14H23N3/c1-3-12(10-15)11-17-9-8-16(2)13-6-4-5-7-14(13)17/h4-7,12H,3,8-11,15H2,1-2H3. The highest BCUT2D eigenvalue weighted by Crippen LogP contribution is 2.32.